The Labute approximate surface area is 216 Å². The lowest BCUT2D eigenvalue weighted by atomic mass is 9.87. The summed E-state index contributed by atoms with van der Waals surface area (Å²) in [5.74, 6) is -0.0340. The van der Waals surface area contributed by atoms with Crippen molar-refractivity contribution >= 4 is 45.5 Å². The van der Waals surface area contributed by atoms with E-state index in [-0.39, 0.29) is 5.92 Å². The van der Waals surface area contributed by atoms with Crippen molar-refractivity contribution in [1.82, 2.24) is 4.98 Å². The van der Waals surface area contributed by atoms with Crippen LogP contribution in [0.2, 0.25) is 0 Å². The zero-order valence-corrected chi connectivity index (χ0v) is 22.9. The summed E-state index contributed by atoms with van der Waals surface area (Å²) in [6, 6.07) is 5.88. The Morgan fingerprint density at radius 3 is 2.61 bits per heavy atom. The molecule has 36 heavy (non-hydrogen) atoms. The third kappa shape index (κ3) is 4.70. The van der Waals surface area contributed by atoms with Gasteiger partial charge in [-0.3, -0.25) is 4.99 Å². The monoisotopic (exact) mass is 506 g/mol. The van der Waals surface area contributed by atoms with Gasteiger partial charge in [0.1, 0.15) is 5.75 Å². The number of aliphatic imine (C=N–C) groups is 1. The van der Waals surface area contributed by atoms with Crippen LogP contribution in [0.5, 0.6) is 5.75 Å². The molecule has 1 aromatic heterocycles. The van der Waals surface area contributed by atoms with E-state index in [2.05, 4.69) is 31.6 Å². The number of benzene rings is 2. The van der Waals surface area contributed by atoms with Gasteiger partial charge in [-0.25, -0.2) is 9.78 Å². The Hall–Kier alpha value is -3.03. The highest BCUT2D eigenvalue weighted by atomic mass is 32.1. The molecule has 1 atom stereocenters. The Bertz CT molecular complexity index is 1380. The summed E-state index contributed by atoms with van der Waals surface area (Å²) < 4.78 is 13.0. The second-order valence-corrected chi connectivity index (χ2v) is 11.4. The number of nitrogens with zero attached hydrogens (tertiary/aromatic N) is 2. The maximum absolute atomic E-state index is 12.6. The highest BCUT2D eigenvalue weighted by molar-refractivity contribution is 7.19. The number of carboxylic acid groups (broad SMARTS) is 1. The van der Waals surface area contributed by atoms with E-state index in [1.165, 1.54) is 0 Å². The molecule has 0 bridgehead atoms. The number of ether oxygens (including phenoxy) is 2. The van der Waals surface area contributed by atoms with Crippen molar-refractivity contribution in [2.75, 3.05) is 6.61 Å². The summed E-state index contributed by atoms with van der Waals surface area (Å²) in [4.78, 5) is 22.0. The van der Waals surface area contributed by atoms with Crippen molar-refractivity contribution in [2.24, 2.45) is 4.99 Å². The summed E-state index contributed by atoms with van der Waals surface area (Å²) in [5, 5.41) is 11.3. The summed E-state index contributed by atoms with van der Waals surface area (Å²) in [6.45, 7) is 18.3. The molecule has 0 radical (unpaired) electrons. The highest BCUT2D eigenvalue weighted by Crippen LogP contribution is 2.50. The molecule has 0 saturated heterocycles. The minimum Gasteiger partial charge on any atom is -0.493 e. The van der Waals surface area contributed by atoms with Crippen LogP contribution in [0.25, 0.3) is 26.9 Å². The van der Waals surface area contributed by atoms with Crippen LogP contribution in [0.4, 0.5) is 5.69 Å². The molecule has 1 N–H and O–H groups in total. The summed E-state index contributed by atoms with van der Waals surface area (Å²) in [6.07, 6.45) is 1.69. The first-order chi connectivity index (χ1) is 17.0. The number of aromatic nitrogens is 1. The molecule has 3 aromatic rings. The van der Waals surface area contributed by atoms with Crippen molar-refractivity contribution in [3.05, 3.63) is 46.0 Å². The first-order valence-corrected chi connectivity index (χ1v) is 13.1. The molecule has 0 saturated carbocycles. The summed E-state index contributed by atoms with van der Waals surface area (Å²) in [7, 11) is 0. The average Bonchev–Trinajstić information content (AvgIpc) is 3.24. The number of rotatable bonds is 6. The molecule has 1 aliphatic heterocycles. The fourth-order valence-corrected chi connectivity index (χ4v) is 5.84. The van der Waals surface area contributed by atoms with Crippen LogP contribution < -0.4 is 4.74 Å². The maximum Gasteiger partial charge on any atom is 0.337 e. The molecule has 190 valence electrons. The van der Waals surface area contributed by atoms with Crippen LogP contribution in [0.1, 0.15) is 81.7 Å². The maximum atomic E-state index is 12.6. The van der Waals surface area contributed by atoms with E-state index in [4.69, 9.17) is 14.5 Å². The number of carbonyl (C=O) groups is 1. The molecular weight excluding hydrogens is 472 g/mol. The highest BCUT2D eigenvalue weighted by Gasteiger charge is 2.34. The van der Waals surface area contributed by atoms with Crippen molar-refractivity contribution in [3.8, 4) is 16.9 Å². The summed E-state index contributed by atoms with van der Waals surface area (Å²) in [5.41, 5.74) is 5.94. The second-order valence-electron chi connectivity index (χ2n) is 10.4. The van der Waals surface area contributed by atoms with Crippen molar-refractivity contribution in [2.45, 2.75) is 72.5 Å². The standard InChI is InChI=1S/C29H34N2O4S/c1-9-17-12-13-34-20-11-10-18(24(30-8)22(17)20)23-21(25(28(32)33)35-29(5,6)7)16(4)14-19-26(23)36-27(31-19)15(2)3/h9-11,14-15,25H,8,12-13H2,1-7H3,(H,32,33). The molecule has 0 spiro atoms. The van der Waals surface area contributed by atoms with Crippen molar-refractivity contribution in [1.29, 1.82) is 0 Å². The zero-order chi connectivity index (χ0) is 26.4. The molecule has 6 nitrogen and oxygen atoms in total. The van der Waals surface area contributed by atoms with Crippen LogP contribution in [-0.2, 0) is 9.53 Å². The first kappa shape index (κ1) is 26.0. The number of hydrogen-bond donors (Lipinski definition) is 1. The van der Waals surface area contributed by atoms with Gasteiger partial charge in [-0.15, -0.1) is 11.3 Å². The Kier molecular flexibility index (Phi) is 7.08. The lowest BCUT2D eigenvalue weighted by Crippen LogP contribution is -2.28. The van der Waals surface area contributed by atoms with E-state index in [0.29, 0.717) is 17.9 Å². The van der Waals surface area contributed by atoms with E-state index >= 15 is 0 Å². The number of aryl methyl sites for hydroxylation is 1. The van der Waals surface area contributed by atoms with Gasteiger partial charge in [-0.05, 0) is 70.7 Å². The normalized spacial score (nSPS) is 15.7. The number of allylic oxidation sites excluding steroid dienone is 1. The molecule has 0 aliphatic carbocycles. The molecule has 2 heterocycles. The molecule has 1 aliphatic rings. The van der Waals surface area contributed by atoms with Gasteiger partial charge in [-0.2, -0.15) is 0 Å². The Balaban J connectivity index is 2.15. The molecule has 4 rings (SSSR count). The van der Waals surface area contributed by atoms with Gasteiger partial charge >= 0.3 is 5.97 Å². The number of carboxylic acids is 1. The van der Waals surface area contributed by atoms with Crippen LogP contribution in [0.15, 0.2) is 29.3 Å². The first-order valence-electron chi connectivity index (χ1n) is 12.2. The fourth-order valence-electron chi connectivity index (χ4n) is 4.72. The van der Waals surface area contributed by atoms with Gasteiger partial charge < -0.3 is 14.6 Å². The smallest absolute Gasteiger partial charge is 0.337 e. The van der Waals surface area contributed by atoms with Crippen LogP contribution in [-0.4, -0.2) is 35.0 Å². The molecule has 7 heteroatoms. The number of aliphatic carboxylic acids is 1. The Morgan fingerprint density at radius 1 is 1.31 bits per heavy atom. The quantitative estimate of drug-likeness (QED) is 0.344. The third-order valence-corrected chi connectivity index (χ3v) is 7.65. The SMILES string of the molecule is C=Nc1c(-c2c(C(OC(C)(C)C)C(=O)O)c(C)cc3nc(C(C)C)sc23)ccc2c1C(=CC)CCO2. The van der Waals surface area contributed by atoms with Crippen LogP contribution in [0, 0.1) is 6.92 Å². The number of hydrogen-bond acceptors (Lipinski definition) is 6. The average molecular weight is 507 g/mol. The second kappa shape index (κ2) is 9.79. The predicted molar refractivity (Wildman–Crippen MR) is 148 cm³/mol. The third-order valence-electron chi connectivity index (χ3n) is 6.26. The number of thiazole rings is 1. The molecule has 0 fully saturated rings. The van der Waals surface area contributed by atoms with Gasteiger partial charge in [0, 0.05) is 34.6 Å². The Morgan fingerprint density at radius 2 is 2.03 bits per heavy atom. The van der Waals surface area contributed by atoms with Crippen LogP contribution in [0.3, 0.4) is 0 Å². The van der Waals surface area contributed by atoms with Gasteiger partial charge in [0.05, 0.1) is 33.1 Å². The van der Waals surface area contributed by atoms with Gasteiger partial charge in [0.25, 0.3) is 0 Å². The fraction of sp³-hybridized carbons (Fsp3) is 0.414. The topological polar surface area (TPSA) is 81.0 Å². The van der Waals surface area contributed by atoms with E-state index < -0.39 is 17.7 Å². The van der Waals surface area contributed by atoms with Gasteiger partial charge in [0.2, 0.25) is 0 Å². The largest absolute Gasteiger partial charge is 0.493 e. The van der Waals surface area contributed by atoms with E-state index in [1.807, 2.05) is 52.8 Å². The van der Waals surface area contributed by atoms with Crippen LogP contribution >= 0.6 is 11.3 Å². The minimum atomic E-state index is -1.17. The van der Waals surface area contributed by atoms with Gasteiger partial charge in [-0.1, -0.05) is 19.9 Å². The lowest BCUT2D eigenvalue weighted by Gasteiger charge is -2.29. The van der Waals surface area contributed by atoms with E-state index in [0.717, 1.165) is 55.2 Å². The molecule has 2 aromatic carbocycles. The molecule has 1 unspecified atom stereocenters. The summed E-state index contributed by atoms with van der Waals surface area (Å²) >= 11 is 1.59. The van der Waals surface area contributed by atoms with Crippen molar-refractivity contribution < 1.29 is 19.4 Å². The van der Waals surface area contributed by atoms with Gasteiger partial charge in [0.15, 0.2) is 6.10 Å². The zero-order valence-electron chi connectivity index (χ0n) is 22.1. The molecular formula is C29H34N2O4S. The van der Waals surface area contributed by atoms with E-state index in [9.17, 15) is 9.90 Å². The minimum absolute atomic E-state index is 0.240. The van der Waals surface area contributed by atoms with E-state index in [1.54, 1.807) is 11.3 Å². The number of fused-ring (bicyclic) bond motifs is 2. The van der Waals surface area contributed by atoms with Crippen molar-refractivity contribution in [3.63, 3.8) is 0 Å². The molecule has 0 amide bonds. The lowest BCUT2D eigenvalue weighted by molar-refractivity contribution is -0.160. The predicted octanol–water partition coefficient (Wildman–Crippen LogP) is 7.85.